The average Bonchev–Trinajstić information content (AvgIpc) is 2.64. The zero-order valence-corrected chi connectivity index (χ0v) is 16.3. The quantitative estimate of drug-likeness (QED) is 0.728. The van der Waals surface area contributed by atoms with E-state index in [1.165, 1.54) is 18.3 Å². The Labute approximate surface area is 172 Å². The highest BCUT2D eigenvalue weighted by molar-refractivity contribution is 5.92. The van der Waals surface area contributed by atoms with Crippen LogP contribution < -0.4 is 15.4 Å². The normalized spacial score (nSPS) is 16.3. The monoisotopic (exact) mass is 437 g/mol. The van der Waals surface area contributed by atoms with Gasteiger partial charge in [-0.3, -0.25) is 4.79 Å². The van der Waals surface area contributed by atoms with E-state index in [2.05, 4.69) is 15.6 Å². The van der Waals surface area contributed by atoms with Crippen molar-refractivity contribution in [1.82, 2.24) is 10.3 Å². The standard InChI is InChI=1S/C18H18F3N3O2.2ClH/c19-18(20,21)13-3-6-15(7-4-13)26-16-8-5-14(11-23-16)24-17(25)12-2-1-9-22-10-12;;/h3-8,11-12,22H,1-2,9-10H2,(H,24,25);2*1H. The Hall–Kier alpha value is -2.03. The largest absolute Gasteiger partial charge is 0.439 e. The Balaban J connectivity index is 0.00000196. The number of nitrogens with zero attached hydrogens (tertiary/aromatic N) is 1. The Bertz CT molecular complexity index is 750. The van der Waals surface area contributed by atoms with Gasteiger partial charge in [0.1, 0.15) is 5.75 Å². The van der Waals surface area contributed by atoms with Gasteiger partial charge in [-0.25, -0.2) is 4.98 Å². The van der Waals surface area contributed by atoms with Crippen LogP contribution in [0.25, 0.3) is 0 Å². The molecule has 0 saturated carbocycles. The molecule has 2 aromatic rings. The molecule has 1 aromatic heterocycles. The first-order valence-electron chi connectivity index (χ1n) is 8.24. The van der Waals surface area contributed by atoms with Crippen molar-refractivity contribution in [2.24, 2.45) is 5.92 Å². The molecule has 1 aliphatic rings. The molecule has 0 aliphatic carbocycles. The third kappa shape index (κ3) is 6.54. The van der Waals surface area contributed by atoms with Gasteiger partial charge in [0.15, 0.2) is 0 Å². The molecule has 1 atom stereocenters. The van der Waals surface area contributed by atoms with Crippen molar-refractivity contribution in [2.75, 3.05) is 18.4 Å². The van der Waals surface area contributed by atoms with Crippen LogP contribution in [0.3, 0.4) is 0 Å². The van der Waals surface area contributed by atoms with Crippen LogP contribution in [0.15, 0.2) is 42.6 Å². The number of amides is 1. The van der Waals surface area contributed by atoms with Crippen LogP contribution in [-0.4, -0.2) is 24.0 Å². The molecule has 2 N–H and O–H groups in total. The second kappa shape index (κ2) is 10.5. The van der Waals surface area contributed by atoms with E-state index >= 15 is 0 Å². The molecule has 0 spiro atoms. The number of ether oxygens (including phenoxy) is 1. The van der Waals surface area contributed by atoms with Crippen molar-refractivity contribution in [3.63, 3.8) is 0 Å². The first-order chi connectivity index (χ1) is 12.4. The number of carbonyl (C=O) groups is 1. The number of piperidine rings is 1. The van der Waals surface area contributed by atoms with Crippen molar-refractivity contribution in [3.8, 4) is 11.6 Å². The third-order valence-corrected chi connectivity index (χ3v) is 4.08. The predicted molar refractivity (Wildman–Crippen MR) is 104 cm³/mol. The topological polar surface area (TPSA) is 63.2 Å². The first-order valence-corrected chi connectivity index (χ1v) is 8.24. The van der Waals surface area contributed by atoms with Gasteiger partial charge in [-0.15, -0.1) is 24.8 Å². The minimum atomic E-state index is -4.38. The minimum absolute atomic E-state index is 0. The van der Waals surface area contributed by atoms with Gasteiger partial charge < -0.3 is 15.4 Å². The molecule has 1 aliphatic heterocycles. The number of hydrogen-bond donors (Lipinski definition) is 2. The molecule has 3 rings (SSSR count). The predicted octanol–water partition coefficient (Wildman–Crippen LogP) is 4.67. The second-order valence-corrected chi connectivity index (χ2v) is 6.04. The lowest BCUT2D eigenvalue weighted by Crippen LogP contribution is -2.37. The fourth-order valence-electron chi connectivity index (χ4n) is 2.67. The highest BCUT2D eigenvalue weighted by Gasteiger charge is 2.30. The maximum absolute atomic E-state index is 12.5. The summed E-state index contributed by atoms with van der Waals surface area (Å²) in [6.45, 7) is 1.59. The van der Waals surface area contributed by atoms with Gasteiger partial charge in [0.25, 0.3) is 0 Å². The van der Waals surface area contributed by atoms with Crippen LogP contribution in [0.4, 0.5) is 18.9 Å². The Morgan fingerprint density at radius 3 is 2.39 bits per heavy atom. The molecule has 10 heteroatoms. The van der Waals surface area contributed by atoms with E-state index in [1.807, 2.05) is 0 Å². The van der Waals surface area contributed by atoms with E-state index < -0.39 is 11.7 Å². The number of nitrogens with one attached hydrogen (secondary N) is 2. The minimum Gasteiger partial charge on any atom is -0.439 e. The Morgan fingerprint density at radius 1 is 1.14 bits per heavy atom. The van der Waals surface area contributed by atoms with Crippen LogP contribution in [-0.2, 0) is 11.0 Å². The van der Waals surface area contributed by atoms with E-state index in [4.69, 9.17) is 4.74 Å². The van der Waals surface area contributed by atoms with E-state index in [9.17, 15) is 18.0 Å². The number of carbonyl (C=O) groups excluding carboxylic acids is 1. The molecule has 0 bridgehead atoms. The number of anilines is 1. The molecule has 1 fully saturated rings. The van der Waals surface area contributed by atoms with Crippen LogP contribution in [0.5, 0.6) is 11.6 Å². The summed E-state index contributed by atoms with van der Waals surface area (Å²) in [7, 11) is 0. The molecule has 28 heavy (non-hydrogen) atoms. The molecular weight excluding hydrogens is 418 g/mol. The summed E-state index contributed by atoms with van der Waals surface area (Å²) in [4.78, 5) is 16.2. The van der Waals surface area contributed by atoms with Crippen LogP contribution in [0.1, 0.15) is 18.4 Å². The number of aromatic nitrogens is 1. The molecule has 1 unspecified atom stereocenters. The zero-order valence-electron chi connectivity index (χ0n) is 14.7. The molecule has 1 saturated heterocycles. The van der Waals surface area contributed by atoms with Gasteiger partial charge >= 0.3 is 6.18 Å². The fourth-order valence-corrected chi connectivity index (χ4v) is 2.67. The summed E-state index contributed by atoms with van der Waals surface area (Å²) in [5, 5.41) is 5.99. The lowest BCUT2D eigenvalue weighted by molar-refractivity contribution is -0.137. The number of halogens is 5. The summed E-state index contributed by atoms with van der Waals surface area (Å²) < 4.78 is 43.0. The molecule has 2 heterocycles. The second-order valence-electron chi connectivity index (χ2n) is 6.04. The van der Waals surface area contributed by atoms with Crippen molar-refractivity contribution < 1.29 is 22.7 Å². The smallest absolute Gasteiger partial charge is 0.416 e. The number of pyridine rings is 1. The van der Waals surface area contributed by atoms with E-state index in [1.54, 1.807) is 12.1 Å². The first kappa shape index (κ1) is 24.0. The highest BCUT2D eigenvalue weighted by atomic mass is 35.5. The summed E-state index contributed by atoms with van der Waals surface area (Å²) in [5.41, 5.74) is -0.201. The summed E-state index contributed by atoms with van der Waals surface area (Å²) >= 11 is 0. The Morgan fingerprint density at radius 2 is 1.86 bits per heavy atom. The molecule has 0 radical (unpaired) electrons. The van der Waals surface area contributed by atoms with Gasteiger partial charge in [0.05, 0.1) is 23.4 Å². The molecule has 1 aromatic carbocycles. The lowest BCUT2D eigenvalue weighted by Gasteiger charge is -2.21. The maximum atomic E-state index is 12.5. The average molecular weight is 438 g/mol. The van der Waals surface area contributed by atoms with Crippen molar-refractivity contribution in [2.45, 2.75) is 19.0 Å². The van der Waals surface area contributed by atoms with Gasteiger partial charge in [0.2, 0.25) is 11.8 Å². The van der Waals surface area contributed by atoms with Gasteiger partial charge in [0, 0.05) is 12.6 Å². The van der Waals surface area contributed by atoms with Gasteiger partial charge in [-0.05, 0) is 49.7 Å². The summed E-state index contributed by atoms with van der Waals surface area (Å²) in [6, 6.07) is 7.55. The van der Waals surface area contributed by atoms with E-state index in [-0.39, 0.29) is 48.3 Å². The van der Waals surface area contributed by atoms with Crippen molar-refractivity contribution in [1.29, 1.82) is 0 Å². The van der Waals surface area contributed by atoms with Crippen molar-refractivity contribution in [3.05, 3.63) is 48.2 Å². The van der Waals surface area contributed by atoms with Crippen molar-refractivity contribution >= 4 is 36.4 Å². The van der Waals surface area contributed by atoms with Crippen LogP contribution in [0.2, 0.25) is 0 Å². The Kier molecular flexibility index (Phi) is 9.00. The highest BCUT2D eigenvalue weighted by Crippen LogP contribution is 2.31. The SMILES string of the molecule is Cl.Cl.O=C(Nc1ccc(Oc2ccc(C(F)(F)F)cc2)nc1)C1CCCNC1. The molecule has 5 nitrogen and oxygen atoms in total. The number of hydrogen-bond acceptors (Lipinski definition) is 4. The molecule has 1 amide bonds. The molecule has 154 valence electrons. The third-order valence-electron chi connectivity index (χ3n) is 4.08. The molecular formula is C18H20Cl2F3N3O2. The maximum Gasteiger partial charge on any atom is 0.416 e. The fraction of sp³-hybridized carbons (Fsp3) is 0.333. The lowest BCUT2D eigenvalue weighted by atomic mass is 9.99. The van der Waals surface area contributed by atoms with Crippen LogP contribution in [0, 0.1) is 5.92 Å². The van der Waals surface area contributed by atoms with Gasteiger partial charge in [-0.1, -0.05) is 0 Å². The van der Waals surface area contributed by atoms with Gasteiger partial charge in [-0.2, -0.15) is 13.2 Å². The summed E-state index contributed by atoms with van der Waals surface area (Å²) in [5.74, 6) is 0.347. The van der Waals surface area contributed by atoms with E-state index in [0.29, 0.717) is 12.2 Å². The zero-order chi connectivity index (χ0) is 18.6. The summed E-state index contributed by atoms with van der Waals surface area (Å²) in [6.07, 6.45) is -1.12. The van der Waals surface area contributed by atoms with E-state index in [0.717, 1.165) is 31.5 Å². The van der Waals surface area contributed by atoms with Crippen LogP contribution >= 0.6 is 24.8 Å². The number of benzene rings is 1. The number of alkyl halides is 3. The number of rotatable bonds is 4.